The SMILES string of the molecule is CCN(CC(O)COCc1ccccc1)CC(C)C(=O)O. The summed E-state index contributed by atoms with van der Waals surface area (Å²) in [5.41, 5.74) is 1.07. The Hall–Kier alpha value is -1.43. The van der Waals surface area contributed by atoms with E-state index in [0.717, 1.165) is 5.56 Å². The lowest BCUT2D eigenvalue weighted by molar-refractivity contribution is -0.141. The molecule has 0 spiro atoms. The smallest absolute Gasteiger partial charge is 0.307 e. The van der Waals surface area contributed by atoms with Crippen molar-refractivity contribution in [2.24, 2.45) is 5.92 Å². The summed E-state index contributed by atoms with van der Waals surface area (Å²) in [6, 6.07) is 9.78. The van der Waals surface area contributed by atoms with Gasteiger partial charge in [-0.3, -0.25) is 4.79 Å². The third-order valence-electron chi connectivity index (χ3n) is 3.29. The number of likely N-dealkylation sites (N-methyl/N-ethyl adjacent to an activating group) is 1. The van der Waals surface area contributed by atoms with Crippen molar-refractivity contribution in [3.05, 3.63) is 35.9 Å². The van der Waals surface area contributed by atoms with Crippen LogP contribution in [0.5, 0.6) is 0 Å². The van der Waals surface area contributed by atoms with Gasteiger partial charge in [0.15, 0.2) is 0 Å². The predicted octanol–water partition coefficient (Wildman–Crippen LogP) is 1.61. The van der Waals surface area contributed by atoms with Crippen molar-refractivity contribution in [1.29, 1.82) is 0 Å². The van der Waals surface area contributed by atoms with Crippen molar-refractivity contribution >= 4 is 5.97 Å². The molecule has 2 atom stereocenters. The molecule has 1 aromatic carbocycles. The summed E-state index contributed by atoms with van der Waals surface area (Å²) in [5.74, 6) is -1.26. The van der Waals surface area contributed by atoms with Gasteiger partial charge < -0.3 is 19.8 Å². The number of carboxylic acid groups (broad SMARTS) is 1. The minimum atomic E-state index is -0.816. The molecule has 0 aromatic heterocycles. The average Bonchev–Trinajstić information content (AvgIpc) is 2.47. The quantitative estimate of drug-likeness (QED) is 0.686. The Kier molecular flexibility index (Phi) is 7.97. The van der Waals surface area contributed by atoms with Crippen molar-refractivity contribution in [3.8, 4) is 0 Å². The molecular formula is C16H25NO4. The molecule has 2 N–H and O–H groups in total. The number of carbonyl (C=O) groups is 1. The predicted molar refractivity (Wildman–Crippen MR) is 81.0 cm³/mol. The number of rotatable bonds is 10. The van der Waals surface area contributed by atoms with Gasteiger partial charge in [0.25, 0.3) is 0 Å². The molecular weight excluding hydrogens is 270 g/mol. The van der Waals surface area contributed by atoms with E-state index in [-0.39, 0.29) is 6.61 Å². The molecule has 0 aliphatic carbocycles. The molecule has 0 bridgehead atoms. The van der Waals surface area contributed by atoms with Gasteiger partial charge in [0.2, 0.25) is 0 Å². The molecule has 0 aliphatic heterocycles. The molecule has 5 heteroatoms. The highest BCUT2D eigenvalue weighted by molar-refractivity contribution is 5.69. The summed E-state index contributed by atoms with van der Waals surface area (Å²) < 4.78 is 5.49. The molecule has 21 heavy (non-hydrogen) atoms. The first kappa shape index (κ1) is 17.6. The maximum atomic E-state index is 10.9. The molecule has 0 radical (unpaired) electrons. The maximum absolute atomic E-state index is 10.9. The van der Waals surface area contributed by atoms with Crippen molar-refractivity contribution < 1.29 is 19.7 Å². The van der Waals surface area contributed by atoms with Crippen LogP contribution in [0.4, 0.5) is 0 Å². The molecule has 0 saturated carbocycles. The van der Waals surface area contributed by atoms with E-state index in [1.165, 1.54) is 0 Å². The number of benzene rings is 1. The highest BCUT2D eigenvalue weighted by Crippen LogP contribution is 2.04. The standard InChI is InChI=1S/C16H25NO4/c1-3-17(9-13(2)16(19)20)10-15(18)12-21-11-14-7-5-4-6-8-14/h4-8,13,15,18H,3,9-12H2,1-2H3,(H,19,20). The number of aliphatic hydroxyl groups is 1. The molecule has 118 valence electrons. The molecule has 0 amide bonds. The summed E-state index contributed by atoms with van der Waals surface area (Å²) in [6.07, 6.45) is -0.616. The van der Waals surface area contributed by atoms with E-state index < -0.39 is 18.0 Å². The van der Waals surface area contributed by atoms with Crippen molar-refractivity contribution in [2.75, 3.05) is 26.2 Å². The minimum absolute atomic E-state index is 0.243. The van der Waals surface area contributed by atoms with E-state index >= 15 is 0 Å². The Morgan fingerprint density at radius 3 is 2.52 bits per heavy atom. The van der Waals surface area contributed by atoms with Gasteiger partial charge in [0.05, 0.1) is 25.2 Å². The second-order valence-corrected chi connectivity index (χ2v) is 5.25. The average molecular weight is 295 g/mol. The Morgan fingerprint density at radius 1 is 1.29 bits per heavy atom. The van der Waals surface area contributed by atoms with Gasteiger partial charge in [0, 0.05) is 13.1 Å². The van der Waals surface area contributed by atoms with E-state index in [9.17, 15) is 9.90 Å². The summed E-state index contributed by atoms with van der Waals surface area (Å²) >= 11 is 0. The zero-order valence-electron chi connectivity index (χ0n) is 12.7. The molecule has 0 fully saturated rings. The summed E-state index contributed by atoms with van der Waals surface area (Å²) in [6.45, 7) is 5.88. The van der Waals surface area contributed by atoms with Gasteiger partial charge >= 0.3 is 5.97 Å². The molecule has 5 nitrogen and oxygen atoms in total. The van der Waals surface area contributed by atoms with Crippen molar-refractivity contribution in [1.82, 2.24) is 4.90 Å². The highest BCUT2D eigenvalue weighted by Gasteiger charge is 2.17. The van der Waals surface area contributed by atoms with E-state index in [1.807, 2.05) is 42.2 Å². The van der Waals surface area contributed by atoms with E-state index in [1.54, 1.807) is 6.92 Å². The van der Waals surface area contributed by atoms with Crippen molar-refractivity contribution in [2.45, 2.75) is 26.6 Å². The fourth-order valence-corrected chi connectivity index (χ4v) is 2.04. The van der Waals surface area contributed by atoms with Crippen LogP contribution in [0.3, 0.4) is 0 Å². The lowest BCUT2D eigenvalue weighted by Gasteiger charge is -2.25. The number of nitrogens with zero attached hydrogens (tertiary/aromatic N) is 1. The molecule has 0 heterocycles. The summed E-state index contributed by atoms with van der Waals surface area (Å²) in [5, 5.41) is 18.9. The fraction of sp³-hybridized carbons (Fsp3) is 0.562. The van der Waals surface area contributed by atoms with Crippen LogP contribution in [-0.2, 0) is 16.1 Å². The number of hydrogen-bond acceptors (Lipinski definition) is 4. The number of aliphatic hydroxyl groups excluding tert-OH is 1. The van der Waals surface area contributed by atoms with Crippen LogP contribution in [0.15, 0.2) is 30.3 Å². The molecule has 0 saturated heterocycles. The van der Waals surface area contributed by atoms with Gasteiger partial charge in [-0.05, 0) is 12.1 Å². The maximum Gasteiger partial charge on any atom is 0.307 e. The Balaban J connectivity index is 2.27. The van der Waals surface area contributed by atoms with E-state index in [4.69, 9.17) is 9.84 Å². The zero-order valence-corrected chi connectivity index (χ0v) is 12.7. The monoisotopic (exact) mass is 295 g/mol. The third kappa shape index (κ3) is 7.22. The summed E-state index contributed by atoms with van der Waals surface area (Å²) in [4.78, 5) is 12.8. The number of carboxylic acids is 1. The van der Waals surface area contributed by atoms with Crippen LogP contribution in [0.1, 0.15) is 19.4 Å². The second-order valence-electron chi connectivity index (χ2n) is 5.25. The first-order chi connectivity index (χ1) is 10.0. The topological polar surface area (TPSA) is 70.0 Å². The molecule has 0 aliphatic rings. The normalized spacial score (nSPS) is 14.1. The Bertz CT molecular complexity index is 410. The van der Waals surface area contributed by atoms with Crippen LogP contribution >= 0.6 is 0 Å². The lowest BCUT2D eigenvalue weighted by atomic mass is 10.1. The van der Waals surface area contributed by atoms with Gasteiger partial charge in [-0.1, -0.05) is 44.2 Å². The largest absolute Gasteiger partial charge is 0.481 e. The first-order valence-corrected chi connectivity index (χ1v) is 7.27. The Morgan fingerprint density at radius 2 is 1.95 bits per heavy atom. The van der Waals surface area contributed by atoms with E-state index in [0.29, 0.717) is 26.2 Å². The molecule has 1 aromatic rings. The van der Waals surface area contributed by atoms with Gasteiger partial charge in [0.1, 0.15) is 0 Å². The molecule has 1 rings (SSSR count). The van der Waals surface area contributed by atoms with Crippen LogP contribution in [0, 0.1) is 5.92 Å². The number of hydrogen-bond donors (Lipinski definition) is 2. The van der Waals surface area contributed by atoms with Crippen LogP contribution in [0.25, 0.3) is 0 Å². The van der Waals surface area contributed by atoms with E-state index in [2.05, 4.69) is 0 Å². The molecule has 2 unspecified atom stereocenters. The first-order valence-electron chi connectivity index (χ1n) is 7.27. The highest BCUT2D eigenvalue weighted by atomic mass is 16.5. The number of ether oxygens (including phenoxy) is 1. The Labute approximate surface area is 126 Å². The van der Waals surface area contributed by atoms with Crippen LogP contribution in [0.2, 0.25) is 0 Å². The van der Waals surface area contributed by atoms with Crippen LogP contribution < -0.4 is 0 Å². The van der Waals surface area contributed by atoms with Crippen molar-refractivity contribution in [3.63, 3.8) is 0 Å². The fourth-order valence-electron chi connectivity index (χ4n) is 2.04. The zero-order chi connectivity index (χ0) is 15.7. The van der Waals surface area contributed by atoms with Gasteiger partial charge in [-0.15, -0.1) is 0 Å². The van der Waals surface area contributed by atoms with Crippen LogP contribution in [-0.4, -0.2) is 53.4 Å². The minimum Gasteiger partial charge on any atom is -0.481 e. The summed E-state index contributed by atoms with van der Waals surface area (Å²) in [7, 11) is 0. The lowest BCUT2D eigenvalue weighted by Crippen LogP contribution is -2.38. The third-order valence-corrected chi connectivity index (χ3v) is 3.29. The van der Waals surface area contributed by atoms with Gasteiger partial charge in [-0.25, -0.2) is 0 Å². The van der Waals surface area contributed by atoms with Gasteiger partial charge in [-0.2, -0.15) is 0 Å². The number of aliphatic carboxylic acids is 1. The second kappa shape index (κ2) is 9.50.